The van der Waals surface area contributed by atoms with Crippen molar-refractivity contribution < 1.29 is 27.9 Å². The number of carboxylic acid groups (broad SMARTS) is 1. The summed E-state index contributed by atoms with van der Waals surface area (Å²) in [5.41, 5.74) is -0.734. The van der Waals surface area contributed by atoms with Crippen molar-refractivity contribution in [2.75, 3.05) is 5.75 Å². The van der Waals surface area contributed by atoms with Crippen molar-refractivity contribution in [3.05, 3.63) is 0 Å². The monoisotopic (exact) mass is 308 g/mol. The molecule has 1 fully saturated rings. The van der Waals surface area contributed by atoms with Crippen LogP contribution in [0, 0.1) is 0 Å². The molecule has 1 aliphatic heterocycles. The molecule has 8 nitrogen and oxygen atoms in total. The molecule has 0 bridgehead atoms. The number of carbonyl (C=O) groups is 2. The van der Waals surface area contributed by atoms with Crippen LogP contribution in [0.5, 0.6) is 0 Å². The van der Waals surface area contributed by atoms with Crippen LogP contribution in [0.4, 0.5) is 4.79 Å². The largest absolute Gasteiger partial charge is 0.480 e. The van der Waals surface area contributed by atoms with E-state index in [1.807, 2.05) is 0 Å². The van der Waals surface area contributed by atoms with Gasteiger partial charge in [-0.25, -0.2) is 22.7 Å². The van der Waals surface area contributed by atoms with Crippen molar-refractivity contribution in [1.82, 2.24) is 10.0 Å². The van der Waals surface area contributed by atoms with Crippen LogP contribution < -0.4 is 10.0 Å². The lowest BCUT2D eigenvalue weighted by Crippen LogP contribution is -2.46. The Kier molecular flexibility index (Phi) is 4.98. The van der Waals surface area contributed by atoms with E-state index in [-0.39, 0.29) is 12.2 Å². The number of sulfonamides is 1. The van der Waals surface area contributed by atoms with E-state index in [2.05, 4.69) is 10.0 Å². The fourth-order valence-corrected chi connectivity index (χ4v) is 3.23. The van der Waals surface area contributed by atoms with Gasteiger partial charge in [-0.05, 0) is 33.6 Å². The third-order valence-electron chi connectivity index (χ3n) is 2.59. The minimum atomic E-state index is -3.31. The maximum Gasteiger partial charge on any atom is 0.408 e. The zero-order chi connectivity index (χ0) is 15.6. The molecule has 20 heavy (non-hydrogen) atoms. The van der Waals surface area contributed by atoms with E-state index in [1.165, 1.54) is 0 Å². The number of carbonyl (C=O) groups excluding carboxylic acids is 1. The number of rotatable bonds is 4. The van der Waals surface area contributed by atoms with Crippen molar-refractivity contribution in [3.63, 3.8) is 0 Å². The molecule has 0 aromatic carbocycles. The van der Waals surface area contributed by atoms with Gasteiger partial charge in [0.1, 0.15) is 11.6 Å². The second kappa shape index (κ2) is 5.96. The Bertz CT molecular complexity index is 482. The fraction of sp³-hybridized carbons (Fsp3) is 0.818. The molecule has 1 rings (SSSR count). The van der Waals surface area contributed by atoms with E-state index in [1.54, 1.807) is 20.8 Å². The Morgan fingerprint density at radius 2 is 2.05 bits per heavy atom. The highest BCUT2D eigenvalue weighted by Gasteiger charge is 2.32. The summed E-state index contributed by atoms with van der Waals surface area (Å²) in [6.07, 6.45) is -0.540. The first-order chi connectivity index (χ1) is 8.98. The summed E-state index contributed by atoms with van der Waals surface area (Å²) < 4.78 is 29.8. The number of ether oxygens (including phenoxy) is 1. The third-order valence-corrected chi connectivity index (χ3v) is 4.06. The minimum absolute atomic E-state index is 0.0200. The zero-order valence-electron chi connectivity index (χ0n) is 11.7. The van der Waals surface area contributed by atoms with Gasteiger partial charge >= 0.3 is 12.1 Å². The molecule has 9 heteroatoms. The first-order valence-electron chi connectivity index (χ1n) is 6.21. The summed E-state index contributed by atoms with van der Waals surface area (Å²) in [5.74, 6) is -1.27. The van der Waals surface area contributed by atoms with Gasteiger partial charge < -0.3 is 15.2 Å². The number of alkyl carbamates (subject to hydrolysis) is 1. The first kappa shape index (κ1) is 16.7. The minimum Gasteiger partial charge on any atom is -0.480 e. The zero-order valence-corrected chi connectivity index (χ0v) is 12.5. The molecule has 2 unspecified atom stereocenters. The number of amides is 1. The van der Waals surface area contributed by atoms with Gasteiger partial charge in [0.05, 0.1) is 5.75 Å². The second-order valence-electron chi connectivity index (χ2n) is 5.70. The van der Waals surface area contributed by atoms with Crippen molar-refractivity contribution in [1.29, 1.82) is 0 Å². The van der Waals surface area contributed by atoms with E-state index < -0.39 is 39.8 Å². The molecule has 1 amide bonds. The Balaban J connectivity index is 2.58. The summed E-state index contributed by atoms with van der Waals surface area (Å²) in [5, 5.41) is 11.3. The highest BCUT2D eigenvalue weighted by Crippen LogP contribution is 2.14. The van der Waals surface area contributed by atoms with Crippen LogP contribution in [0.15, 0.2) is 0 Å². The normalized spacial score (nSPS) is 23.1. The lowest BCUT2D eigenvalue weighted by molar-refractivity contribution is -0.139. The molecule has 0 radical (unpaired) electrons. The number of nitrogens with one attached hydrogen (secondary N) is 2. The van der Waals surface area contributed by atoms with Crippen LogP contribution in [-0.2, 0) is 19.6 Å². The van der Waals surface area contributed by atoms with Crippen LogP contribution in [0.2, 0.25) is 0 Å². The van der Waals surface area contributed by atoms with Gasteiger partial charge in [0, 0.05) is 6.04 Å². The maximum absolute atomic E-state index is 11.5. The quantitative estimate of drug-likeness (QED) is 0.674. The predicted molar refractivity (Wildman–Crippen MR) is 70.7 cm³/mol. The Hall–Kier alpha value is -1.35. The highest BCUT2D eigenvalue weighted by molar-refractivity contribution is 7.89. The number of hydrogen-bond donors (Lipinski definition) is 3. The summed E-state index contributed by atoms with van der Waals surface area (Å²) in [6.45, 7) is 4.98. The first-order valence-corrected chi connectivity index (χ1v) is 7.86. The average Bonchev–Trinajstić information content (AvgIpc) is 2.54. The molecule has 0 aliphatic carbocycles. The molecule has 116 valence electrons. The van der Waals surface area contributed by atoms with Gasteiger partial charge in [-0.1, -0.05) is 0 Å². The second-order valence-corrected chi connectivity index (χ2v) is 7.57. The molecule has 0 saturated carbocycles. The molecule has 1 saturated heterocycles. The summed E-state index contributed by atoms with van der Waals surface area (Å²) >= 11 is 0. The Morgan fingerprint density at radius 3 is 2.45 bits per heavy atom. The van der Waals surface area contributed by atoms with Gasteiger partial charge in [0.25, 0.3) is 0 Å². The van der Waals surface area contributed by atoms with Crippen LogP contribution in [0.3, 0.4) is 0 Å². The molecule has 3 N–H and O–H groups in total. The van der Waals surface area contributed by atoms with Crippen LogP contribution in [-0.4, -0.2) is 49.0 Å². The molecule has 0 aromatic rings. The summed E-state index contributed by atoms with van der Waals surface area (Å²) in [4.78, 5) is 22.6. The lowest BCUT2D eigenvalue weighted by atomic mass is 10.1. The molecular formula is C11H20N2O6S. The van der Waals surface area contributed by atoms with Gasteiger partial charge in [-0.2, -0.15) is 0 Å². The van der Waals surface area contributed by atoms with Crippen molar-refractivity contribution in [3.8, 4) is 0 Å². The predicted octanol–water partition coefficient (Wildman–Crippen LogP) is 0.0461. The standard InChI is InChI=1S/C11H20N2O6S/c1-11(2,3)19-10(16)12-8(9(14)15)6-7-4-5-20(17,18)13-7/h7-8,13H,4-6H2,1-3H3,(H,12,16)(H,14,15). The fourth-order valence-electron chi connectivity index (χ4n) is 1.79. The molecule has 2 atom stereocenters. The van der Waals surface area contributed by atoms with Crippen LogP contribution >= 0.6 is 0 Å². The number of hydrogen-bond acceptors (Lipinski definition) is 5. The molecule has 0 aromatic heterocycles. The smallest absolute Gasteiger partial charge is 0.408 e. The molecular weight excluding hydrogens is 288 g/mol. The maximum atomic E-state index is 11.5. The lowest BCUT2D eigenvalue weighted by Gasteiger charge is -2.23. The molecule has 1 aliphatic rings. The van der Waals surface area contributed by atoms with Crippen molar-refractivity contribution >= 4 is 22.1 Å². The highest BCUT2D eigenvalue weighted by atomic mass is 32.2. The van der Waals surface area contributed by atoms with Gasteiger partial charge in [-0.3, -0.25) is 0 Å². The average molecular weight is 308 g/mol. The van der Waals surface area contributed by atoms with Crippen LogP contribution in [0.1, 0.15) is 33.6 Å². The molecule has 1 heterocycles. The molecule has 0 spiro atoms. The van der Waals surface area contributed by atoms with E-state index in [0.717, 1.165) is 0 Å². The topological polar surface area (TPSA) is 122 Å². The Labute approximate surface area is 117 Å². The van der Waals surface area contributed by atoms with Gasteiger partial charge in [0.2, 0.25) is 10.0 Å². The van der Waals surface area contributed by atoms with Crippen LogP contribution in [0.25, 0.3) is 0 Å². The van der Waals surface area contributed by atoms with E-state index in [9.17, 15) is 18.0 Å². The SMILES string of the molecule is CC(C)(C)OC(=O)NC(CC1CCS(=O)(=O)N1)C(=O)O. The number of aliphatic carboxylic acids is 1. The van der Waals surface area contributed by atoms with Gasteiger partial charge in [-0.15, -0.1) is 0 Å². The number of carboxylic acids is 1. The summed E-state index contributed by atoms with van der Waals surface area (Å²) in [7, 11) is -3.31. The third kappa shape index (κ3) is 5.74. The van der Waals surface area contributed by atoms with Crippen molar-refractivity contribution in [2.45, 2.75) is 51.3 Å². The van der Waals surface area contributed by atoms with E-state index in [4.69, 9.17) is 9.84 Å². The van der Waals surface area contributed by atoms with Crippen molar-refractivity contribution in [2.24, 2.45) is 0 Å². The Morgan fingerprint density at radius 1 is 1.45 bits per heavy atom. The van der Waals surface area contributed by atoms with E-state index >= 15 is 0 Å². The van der Waals surface area contributed by atoms with E-state index in [0.29, 0.717) is 6.42 Å². The summed E-state index contributed by atoms with van der Waals surface area (Å²) in [6, 6.07) is -1.69. The van der Waals surface area contributed by atoms with Gasteiger partial charge in [0.15, 0.2) is 0 Å².